The van der Waals surface area contributed by atoms with Crippen molar-refractivity contribution in [3.8, 4) is 0 Å². The summed E-state index contributed by atoms with van der Waals surface area (Å²) in [6.07, 6.45) is 0. The van der Waals surface area contributed by atoms with Crippen LogP contribution in [0, 0.1) is 0 Å². The standard InChI is InChI=1S/C9H21ClSi.N/c1-7(2)11(10,8(3)4)9(5)6;/h7-9H,1-6H3;. The Kier molecular flexibility index (Phi) is 6.55. The maximum absolute atomic E-state index is 6.68. The van der Waals surface area contributed by atoms with Gasteiger partial charge in [-0.1, -0.05) is 41.5 Å². The fourth-order valence-electron chi connectivity index (χ4n) is 2.00. The zero-order chi connectivity index (χ0) is 9.23. The first-order valence-electron chi connectivity index (χ1n) is 4.52. The van der Waals surface area contributed by atoms with Crippen molar-refractivity contribution >= 4 is 18.5 Å². The third-order valence-corrected chi connectivity index (χ3v) is 11.9. The van der Waals surface area contributed by atoms with E-state index in [-0.39, 0.29) is 6.15 Å². The molecule has 0 fully saturated rings. The molecule has 0 amide bonds. The van der Waals surface area contributed by atoms with Crippen LogP contribution in [-0.4, -0.2) is 7.38 Å². The van der Waals surface area contributed by atoms with Gasteiger partial charge in [-0.25, -0.2) is 0 Å². The lowest BCUT2D eigenvalue weighted by molar-refractivity contribution is 0.849. The molecule has 0 aliphatic heterocycles. The zero-order valence-corrected chi connectivity index (χ0v) is 10.8. The first kappa shape index (κ1) is 15.0. The SMILES string of the molecule is CC(C)[Si](Cl)(C(C)C)C(C)C.[N]. The molecule has 0 spiro atoms. The molecule has 0 atom stereocenters. The van der Waals surface area contributed by atoms with Crippen molar-refractivity contribution in [3.05, 3.63) is 0 Å². The van der Waals surface area contributed by atoms with Gasteiger partial charge in [0.25, 0.3) is 0 Å². The van der Waals surface area contributed by atoms with Crippen LogP contribution in [0.15, 0.2) is 0 Å². The first-order valence-corrected chi connectivity index (χ1v) is 7.76. The Hall–Kier alpha value is 0.467. The van der Waals surface area contributed by atoms with E-state index in [1.54, 1.807) is 0 Å². The summed E-state index contributed by atoms with van der Waals surface area (Å²) in [6, 6.07) is 0. The Morgan fingerprint density at radius 2 is 0.917 bits per heavy atom. The van der Waals surface area contributed by atoms with Crippen molar-refractivity contribution in [1.29, 1.82) is 0 Å². The highest BCUT2D eigenvalue weighted by Gasteiger charge is 2.40. The lowest BCUT2D eigenvalue weighted by Crippen LogP contribution is -2.37. The molecular formula is C9H21ClNSi. The molecule has 0 aromatic carbocycles. The van der Waals surface area contributed by atoms with Crippen molar-refractivity contribution in [2.45, 2.75) is 58.2 Å². The summed E-state index contributed by atoms with van der Waals surface area (Å²) >= 11 is 6.68. The molecule has 0 bridgehead atoms. The van der Waals surface area contributed by atoms with Crippen LogP contribution in [0.5, 0.6) is 0 Å². The van der Waals surface area contributed by atoms with Gasteiger partial charge in [0, 0.05) is 6.15 Å². The average molecular weight is 207 g/mol. The Morgan fingerprint density at radius 1 is 0.750 bits per heavy atom. The molecule has 0 aliphatic rings. The van der Waals surface area contributed by atoms with Crippen LogP contribution in [0.1, 0.15) is 41.5 Å². The second-order valence-corrected chi connectivity index (χ2v) is 11.4. The van der Waals surface area contributed by atoms with Crippen LogP contribution in [0.25, 0.3) is 0 Å². The highest BCUT2D eigenvalue weighted by molar-refractivity contribution is 7.22. The topological polar surface area (TPSA) is 30.5 Å². The summed E-state index contributed by atoms with van der Waals surface area (Å²) < 4.78 is 0. The molecule has 73 valence electrons. The van der Waals surface area contributed by atoms with Gasteiger partial charge in [-0.2, -0.15) is 11.1 Å². The van der Waals surface area contributed by atoms with Gasteiger partial charge in [-0.05, 0) is 16.6 Å². The van der Waals surface area contributed by atoms with Crippen molar-refractivity contribution < 1.29 is 0 Å². The smallest absolute Gasteiger partial charge is 0.164 e. The lowest BCUT2D eigenvalue weighted by atomic mass is 10.5. The van der Waals surface area contributed by atoms with Crippen molar-refractivity contribution in [2.75, 3.05) is 0 Å². The summed E-state index contributed by atoms with van der Waals surface area (Å²) in [7, 11) is -1.51. The number of hydrogen-bond donors (Lipinski definition) is 0. The van der Waals surface area contributed by atoms with Crippen molar-refractivity contribution in [1.82, 2.24) is 6.15 Å². The van der Waals surface area contributed by atoms with Gasteiger partial charge in [-0.15, -0.1) is 0 Å². The summed E-state index contributed by atoms with van der Waals surface area (Å²) in [4.78, 5) is 0. The summed E-state index contributed by atoms with van der Waals surface area (Å²) in [5.41, 5.74) is 2.05. The fourth-order valence-corrected chi connectivity index (χ4v) is 6.00. The van der Waals surface area contributed by atoms with Crippen LogP contribution in [0.3, 0.4) is 0 Å². The third-order valence-electron chi connectivity index (χ3n) is 2.65. The molecule has 12 heavy (non-hydrogen) atoms. The number of rotatable bonds is 3. The van der Waals surface area contributed by atoms with E-state index in [1.165, 1.54) is 0 Å². The molecule has 0 aromatic heterocycles. The first-order chi connectivity index (χ1) is 4.83. The van der Waals surface area contributed by atoms with E-state index in [9.17, 15) is 0 Å². The number of nitrogens with zero attached hydrogens (tertiary/aromatic N) is 1. The Morgan fingerprint density at radius 3 is 0.917 bits per heavy atom. The predicted octanol–water partition coefficient (Wildman–Crippen LogP) is 3.92. The normalized spacial score (nSPS) is 12.5. The molecule has 1 nitrogen and oxygen atoms in total. The molecule has 0 heterocycles. The Balaban J connectivity index is 0. The third kappa shape index (κ3) is 2.75. The predicted molar refractivity (Wildman–Crippen MR) is 59.0 cm³/mol. The van der Waals surface area contributed by atoms with Gasteiger partial charge in [0.2, 0.25) is 0 Å². The molecule has 3 heteroatoms. The van der Waals surface area contributed by atoms with Gasteiger partial charge in [0.05, 0.1) is 0 Å². The Bertz CT molecular complexity index is 102. The summed E-state index contributed by atoms with van der Waals surface area (Å²) in [5, 5.41) is 0. The largest absolute Gasteiger partial charge is 0.166 e. The van der Waals surface area contributed by atoms with Crippen molar-refractivity contribution in [3.63, 3.8) is 0 Å². The molecule has 3 radical (unpaired) electrons. The zero-order valence-electron chi connectivity index (χ0n) is 9.06. The lowest BCUT2D eigenvalue weighted by Gasteiger charge is -2.36. The van der Waals surface area contributed by atoms with E-state index in [0.29, 0.717) is 16.6 Å². The molecule has 0 N–H and O–H groups in total. The molecule has 0 aliphatic carbocycles. The summed E-state index contributed by atoms with van der Waals surface area (Å²) in [6.45, 7) is 13.6. The number of hydrogen-bond acceptors (Lipinski definition) is 0. The number of halogens is 1. The van der Waals surface area contributed by atoms with Crippen LogP contribution in [0.2, 0.25) is 16.6 Å². The van der Waals surface area contributed by atoms with Crippen LogP contribution in [-0.2, 0) is 0 Å². The molecule has 0 saturated carbocycles. The van der Waals surface area contributed by atoms with Gasteiger partial charge in [0.1, 0.15) is 0 Å². The van der Waals surface area contributed by atoms with E-state index in [2.05, 4.69) is 41.5 Å². The maximum Gasteiger partial charge on any atom is 0.164 e. The minimum atomic E-state index is -1.51. The van der Waals surface area contributed by atoms with Gasteiger partial charge in [0.15, 0.2) is 7.38 Å². The van der Waals surface area contributed by atoms with Crippen molar-refractivity contribution in [2.24, 2.45) is 0 Å². The van der Waals surface area contributed by atoms with Crippen LogP contribution in [0.4, 0.5) is 0 Å². The average Bonchev–Trinajstić information content (AvgIpc) is 1.84. The maximum atomic E-state index is 6.68. The highest BCUT2D eigenvalue weighted by atomic mass is 35.6. The van der Waals surface area contributed by atoms with E-state index in [4.69, 9.17) is 11.1 Å². The second-order valence-electron chi connectivity index (χ2n) is 4.29. The fraction of sp³-hybridized carbons (Fsp3) is 1.00. The monoisotopic (exact) mass is 206 g/mol. The minimum absolute atomic E-state index is 0. The molecular weight excluding hydrogens is 186 g/mol. The molecule has 0 unspecified atom stereocenters. The Labute approximate surface area is 83.2 Å². The second kappa shape index (κ2) is 5.25. The van der Waals surface area contributed by atoms with E-state index in [0.717, 1.165) is 0 Å². The van der Waals surface area contributed by atoms with Gasteiger partial charge < -0.3 is 0 Å². The van der Waals surface area contributed by atoms with E-state index in [1.807, 2.05) is 0 Å². The summed E-state index contributed by atoms with van der Waals surface area (Å²) in [5.74, 6) is 0. The molecule has 0 rings (SSSR count). The van der Waals surface area contributed by atoms with E-state index >= 15 is 0 Å². The van der Waals surface area contributed by atoms with Gasteiger partial charge >= 0.3 is 0 Å². The highest BCUT2D eigenvalue weighted by Crippen LogP contribution is 2.44. The quantitative estimate of drug-likeness (QED) is 0.495. The minimum Gasteiger partial charge on any atom is -0.166 e. The van der Waals surface area contributed by atoms with E-state index < -0.39 is 7.38 Å². The van der Waals surface area contributed by atoms with Crippen LogP contribution >= 0.6 is 11.1 Å². The molecule has 0 saturated heterocycles. The molecule has 0 aromatic rings. The van der Waals surface area contributed by atoms with Crippen LogP contribution < -0.4 is 6.15 Å². The van der Waals surface area contributed by atoms with Gasteiger partial charge in [-0.3, -0.25) is 0 Å².